The molecule has 10 aromatic rings. The van der Waals surface area contributed by atoms with Crippen molar-refractivity contribution < 1.29 is 30.4 Å². The molecule has 0 aromatic heterocycles. The van der Waals surface area contributed by atoms with Gasteiger partial charge in [0, 0.05) is 12.8 Å². The Morgan fingerprint density at radius 1 is 0.431 bits per heavy atom. The second kappa shape index (κ2) is 24.6. The molecule has 1 radical (unpaired) electrons. The van der Waals surface area contributed by atoms with E-state index in [1.165, 1.54) is 106 Å². The Hall–Kier alpha value is -6.03. The molecule has 0 spiro atoms. The standard InChI is InChI=1S/2C29H25.C6H12BN2O2.2ClH.Zr/c2*1-29(2,3)22-18-21-12-9-17-27(28(21)19-22)26-15-7-6-14-25(26)24-16-8-11-20-10-4-5-13-23(20)24;1-3-5(10)8-7-9-6(11)4-2;;;/h2*4-19H,1-3H3;3-4H2,1-2H3,(H,8,10)(H,9,11);2*1H;/q2*-1;;;;+4/p-2. The number of hydrogen-bond donors (Lipinski definition) is 2. The zero-order valence-corrected chi connectivity index (χ0v) is 46.5. The number of rotatable bonds is 8. The predicted molar refractivity (Wildman–Crippen MR) is 308 cm³/mol. The average molecular weight is 1060 g/mol. The summed E-state index contributed by atoms with van der Waals surface area (Å²) in [4.78, 5) is 21.2. The van der Waals surface area contributed by atoms with Crippen molar-refractivity contribution >= 4 is 79.5 Å². The van der Waals surface area contributed by atoms with Gasteiger partial charge < -0.3 is 10.5 Å². The van der Waals surface area contributed by atoms with Gasteiger partial charge in [0.1, 0.15) is 0 Å². The molecule has 0 atom stereocenters. The van der Waals surface area contributed by atoms with Crippen LogP contribution in [0, 0.1) is 0 Å². The number of fused-ring (bicyclic) bond motifs is 4. The van der Waals surface area contributed by atoms with Crippen LogP contribution in [0.15, 0.2) is 194 Å². The van der Waals surface area contributed by atoms with E-state index >= 15 is 0 Å². The molecule has 0 saturated carbocycles. The van der Waals surface area contributed by atoms with Gasteiger partial charge in [-0.15, -0.1) is 69.1 Å². The summed E-state index contributed by atoms with van der Waals surface area (Å²) in [5, 5.41) is 15.3. The molecule has 361 valence electrons. The van der Waals surface area contributed by atoms with E-state index in [1.54, 1.807) is 13.8 Å². The van der Waals surface area contributed by atoms with Crippen molar-refractivity contribution in [2.45, 2.75) is 79.1 Å². The van der Waals surface area contributed by atoms with Gasteiger partial charge in [0.15, 0.2) is 0 Å². The van der Waals surface area contributed by atoms with Gasteiger partial charge in [0.2, 0.25) is 11.8 Å². The minimum atomic E-state index is -0.826. The van der Waals surface area contributed by atoms with E-state index in [2.05, 4.69) is 246 Å². The predicted octanol–water partition coefficient (Wildman–Crippen LogP) is 17.6. The van der Waals surface area contributed by atoms with Crippen LogP contribution in [0.2, 0.25) is 0 Å². The fourth-order valence-electron chi connectivity index (χ4n) is 9.03. The summed E-state index contributed by atoms with van der Waals surface area (Å²) in [6.07, 6.45) is 0.830. The van der Waals surface area contributed by atoms with Crippen molar-refractivity contribution in [3.63, 3.8) is 0 Å². The topological polar surface area (TPSA) is 58.2 Å². The third-order valence-electron chi connectivity index (χ3n) is 12.9. The molecule has 0 aliphatic heterocycles. The first kappa shape index (κ1) is 53.8. The van der Waals surface area contributed by atoms with E-state index in [0.717, 1.165) is 0 Å². The Morgan fingerprint density at radius 2 is 0.708 bits per heavy atom. The zero-order chi connectivity index (χ0) is 51.4. The van der Waals surface area contributed by atoms with E-state index in [0.29, 0.717) is 12.8 Å². The molecule has 0 heterocycles. The summed E-state index contributed by atoms with van der Waals surface area (Å²) < 4.78 is 0. The van der Waals surface area contributed by atoms with Gasteiger partial charge in [0.25, 0.3) is 0 Å². The Labute approximate surface area is 445 Å². The van der Waals surface area contributed by atoms with E-state index in [1.807, 2.05) is 0 Å². The van der Waals surface area contributed by atoms with Crippen molar-refractivity contribution in [3.8, 4) is 44.5 Å². The number of benzene rings is 8. The maximum absolute atomic E-state index is 10.6. The van der Waals surface area contributed by atoms with E-state index in [9.17, 15) is 9.59 Å². The third-order valence-corrected chi connectivity index (χ3v) is 12.9. The SMILES string of the molecule is CC(C)(C)c1cc2c(-c3ccccc3-c3cccc4ccccc34)cccc2[cH-]1.CC(C)(C)c1cc2c(-c3ccccc3-c3cccc4ccccc34)cccc2[cH-]1.CCC(=O)N[B]NC(=O)CC.[Cl][Zr+2][Cl]. The van der Waals surface area contributed by atoms with Gasteiger partial charge >= 0.3 is 45.4 Å². The molecule has 10 rings (SSSR count). The van der Waals surface area contributed by atoms with E-state index < -0.39 is 20.8 Å². The molecule has 10 aromatic carbocycles. The number of amides is 2. The molecule has 0 fully saturated rings. The zero-order valence-electron chi connectivity index (χ0n) is 42.5. The van der Waals surface area contributed by atoms with Crippen LogP contribution < -0.4 is 10.5 Å². The fourth-order valence-corrected chi connectivity index (χ4v) is 9.03. The summed E-state index contributed by atoms with van der Waals surface area (Å²) in [5.41, 5.74) is 13.4. The van der Waals surface area contributed by atoms with Crippen LogP contribution in [-0.4, -0.2) is 19.4 Å². The van der Waals surface area contributed by atoms with Gasteiger partial charge in [0.05, 0.1) is 0 Å². The molecular formula is C64H62BCl2N2O2Zr. The van der Waals surface area contributed by atoms with Crippen LogP contribution in [0.25, 0.3) is 87.6 Å². The minimum absolute atomic E-state index is 0.110. The van der Waals surface area contributed by atoms with Crippen LogP contribution in [-0.2, 0) is 41.3 Å². The van der Waals surface area contributed by atoms with Crippen LogP contribution >= 0.6 is 17.0 Å². The maximum atomic E-state index is 10.6. The van der Waals surface area contributed by atoms with Gasteiger partial charge in [-0.2, -0.15) is 12.1 Å². The molecule has 0 aliphatic rings. The van der Waals surface area contributed by atoms with Crippen molar-refractivity contribution in [2.75, 3.05) is 0 Å². The second-order valence-electron chi connectivity index (χ2n) is 19.8. The Bertz CT molecular complexity index is 3210. The fraction of sp³-hybridized carbons (Fsp3) is 0.188. The molecule has 0 bridgehead atoms. The van der Waals surface area contributed by atoms with Crippen molar-refractivity contribution in [1.82, 2.24) is 10.5 Å². The molecule has 0 saturated heterocycles. The number of halogens is 2. The summed E-state index contributed by atoms with van der Waals surface area (Å²) in [6.45, 7) is 17.2. The summed E-state index contributed by atoms with van der Waals surface area (Å²) >= 11 is -0.826. The van der Waals surface area contributed by atoms with Crippen LogP contribution in [0.1, 0.15) is 79.4 Å². The Balaban J connectivity index is 0.000000168. The first-order valence-corrected chi connectivity index (χ1v) is 30.9. The monoisotopic (exact) mass is 1060 g/mol. The number of hydrogen-bond acceptors (Lipinski definition) is 2. The molecule has 8 heteroatoms. The second-order valence-corrected chi connectivity index (χ2v) is 23.5. The summed E-state index contributed by atoms with van der Waals surface area (Å²) in [7, 11) is 11.1. The molecule has 0 unspecified atom stereocenters. The molecule has 2 amide bonds. The average Bonchev–Trinajstić information content (AvgIpc) is 4.06. The summed E-state index contributed by atoms with van der Waals surface area (Å²) in [6, 6.07) is 70.9. The quantitative estimate of drug-likeness (QED) is 0.118. The van der Waals surface area contributed by atoms with E-state index in [4.69, 9.17) is 17.0 Å². The molecule has 4 nitrogen and oxygen atoms in total. The molecule has 72 heavy (non-hydrogen) atoms. The third kappa shape index (κ3) is 12.9. The van der Waals surface area contributed by atoms with Crippen molar-refractivity contribution in [1.29, 1.82) is 0 Å². The number of nitrogens with one attached hydrogen (secondary N) is 2. The van der Waals surface area contributed by atoms with Crippen LogP contribution in [0.3, 0.4) is 0 Å². The van der Waals surface area contributed by atoms with Gasteiger partial charge in [-0.05, 0) is 65.8 Å². The molecule has 2 N–H and O–H groups in total. The normalized spacial score (nSPS) is 11.1. The first-order valence-electron chi connectivity index (χ1n) is 24.6. The van der Waals surface area contributed by atoms with Crippen molar-refractivity contribution in [2.24, 2.45) is 0 Å². The Morgan fingerprint density at radius 3 is 1.04 bits per heavy atom. The molecule has 0 aliphatic carbocycles. The van der Waals surface area contributed by atoms with E-state index in [-0.39, 0.29) is 22.6 Å². The van der Waals surface area contributed by atoms with Crippen LogP contribution in [0.4, 0.5) is 0 Å². The van der Waals surface area contributed by atoms with Gasteiger partial charge in [-0.1, -0.05) is 212 Å². The van der Waals surface area contributed by atoms with Gasteiger partial charge in [-0.3, -0.25) is 9.59 Å². The Kier molecular flexibility index (Phi) is 18.4. The number of carbonyl (C=O) groups excluding carboxylic acids is 2. The van der Waals surface area contributed by atoms with Crippen LogP contribution in [0.5, 0.6) is 0 Å². The summed E-state index contributed by atoms with van der Waals surface area (Å²) in [5.74, 6) is -0.220. The van der Waals surface area contributed by atoms with Crippen molar-refractivity contribution in [3.05, 3.63) is 205 Å². The number of carbonyl (C=O) groups is 2. The van der Waals surface area contributed by atoms with Gasteiger partial charge in [-0.25, -0.2) is 0 Å². The molecular weight excluding hydrogens is 1000 g/mol. The first-order chi connectivity index (χ1) is 34.7.